The molecule has 0 unspecified atom stereocenters. The minimum absolute atomic E-state index is 0.0286. The predicted molar refractivity (Wildman–Crippen MR) is 212 cm³/mol. The summed E-state index contributed by atoms with van der Waals surface area (Å²) in [7, 11) is 0. The maximum absolute atomic E-state index is 2.46. The highest BCUT2D eigenvalue weighted by molar-refractivity contribution is 6.22. The van der Waals surface area contributed by atoms with Gasteiger partial charge in [-0.3, -0.25) is 0 Å². The third kappa shape index (κ3) is 4.58. The highest BCUT2D eigenvalue weighted by Crippen LogP contribution is 2.51. The van der Waals surface area contributed by atoms with Crippen molar-refractivity contribution in [3.63, 3.8) is 0 Å². The van der Waals surface area contributed by atoms with E-state index < -0.39 is 0 Å². The second-order valence-electron chi connectivity index (χ2n) is 15.3. The van der Waals surface area contributed by atoms with Crippen LogP contribution in [0.5, 0.6) is 0 Å². The van der Waals surface area contributed by atoms with Crippen LogP contribution in [0.25, 0.3) is 76.8 Å². The molecule has 0 N–H and O–H groups in total. The fourth-order valence-electron chi connectivity index (χ4n) is 8.46. The van der Waals surface area contributed by atoms with Crippen molar-refractivity contribution >= 4 is 32.3 Å². The van der Waals surface area contributed by atoms with E-state index in [1.165, 1.54) is 93.5 Å². The molecule has 0 saturated carbocycles. The van der Waals surface area contributed by atoms with Crippen molar-refractivity contribution < 1.29 is 0 Å². The fourth-order valence-corrected chi connectivity index (χ4v) is 8.46. The summed E-state index contributed by atoms with van der Waals surface area (Å²) in [6, 6.07) is 57.1. The molecule has 0 bridgehead atoms. The standard InChI is InChI=1S/C49H40/c1-48(2,3)35-25-21-32(22-26-35)46-39-17-8-9-18-40(39)47(34-24-28-45-42(30-34)38-16-10-11-20-44(38)49(45,4)5)43-29-33(23-27-41(43)46)37-19-12-14-31-13-6-7-15-36(31)37/h6-30H,1-5H3. The maximum atomic E-state index is 2.46. The lowest BCUT2D eigenvalue weighted by molar-refractivity contribution is 0.590. The molecule has 236 valence electrons. The molecule has 0 saturated heterocycles. The van der Waals surface area contributed by atoms with E-state index >= 15 is 0 Å². The number of benzene rings is 8. The second-order valence-corrected chi connectivity index (χ2v) is 15.3. The summed E-state index contributed by atoms with van der Waals surface area (Å²) in [4.78, 5) is 0. The van der Waals surface area contributed by atoms with Gasteiger partial charge in [0.05, 0.1) is 0 Å². The van der Waals surface area contributed by atoms with Crippen LogP contribution in [0.1, 0.15) is 51.3 Å². The van der Waals surface area contributed by atoms with E-state index in [-0.39, 0.29) is 10.8 Å². The quantitative estimate of drug-likeness (QED) is 0.171. The molecule has 8 aromatic rings. The summed E-state index contributed by atoms with van der Waals surface area (Å²) in [5, 5.41) is 7.67. The van der Waals surface area contributed by atoms with Crippen molar-refractivity contribution in [2.75, 3.05) is 0 Å². The van der Waals surface area contributed by atoms with Crippen LogP contribution in [-0.4, -0.2) is 0 Å². The van der Waals surface area contributed by atoms with Gasteiger partial charge in [0.15, 0.2) is 0 Å². The van der Waals surface area contributed by atoms with E-state index in [1.807, 2.05) is 0 Å². The molecule has 0 spiro atoms. The summed E-state index contributed by atoms with van der Waals surface area (Å²) in [6.07, 6.45) is 0. The van der Waals surface area contributed by atoms with Crippen LogP contribution in [-0.2, 0) is 10.8 Å². The van der Waals surface area contributed by atoms with E-state index in [0.717, 1.165) is 0 Å². The van der Waals surface area contributed by atoms with Gasteiger partial charge in [-0.25, -0.2) is 0 Å². The van der Waals surface area contributed by atoms with E-state index in [2.05, 4.69) is 186 Å². The average molecular weight is 629 g/mol. The average Bonchev–Trinajstić information content (AvgIpc) is 3.35. The van der Waals surface area contributed by atoms with Crippen LogP contribution in [0.3, 0.4) is 0 Å². The minimum Gasteiger partial charge on any atom is -0.0619 e. The van der Waals surface area contributed by atoms with Crippen LogP contribution >= 0.6 is 0 Å². The lowest BCUT2D eigenvalue weighted by atomic mass is 9.81. The first-order valence-electron chi connectivity index (χ1n) is 17.5. The molecular formula is C49H40. The first-order valence-corrected chi connectivity index (χ1v) is 17.5. The summed E-state index contributed by atoms with van der Waals surface area (Å²) in [5.74, 6) is 0. The minimum atomic E-state index is -0.0286. The highest BCUT2D eigenvalue weighted by atomic mass is 14.4. The third-order valence-corrected chi connectivity index (χ3v) is 11.0. The Kier molecular flexibility index (Phi) is 6.52. The topological polar surface area (TPSA) is 0 Å². The van der Waals surface area contributed by atoms with E-state index in [4.69, 9.17) is 0 Å². The number of hydrogen-bond acceptors (Lipinski definition) is 0. The SMILES string of the molecule is CC(C)(C)c1ccc(-c2c3ccccc3c(-c3ccc4c(c3)-c3ccccc3C4(C)C)c3cc(-c4cccc5ccccc45)ccc23)cc1. The largest absolute Gasteiger partial charge is 0.0619 e. The zero-order chi connectivity index (χ0) is 33.5. The molecule has 0 heterocycles. The molecule has 8 aromatic carbocycles. The van der Waals surface area contributed by atoms with Gasteiger partial charge in [0, 0.05) is 5.41 Å². The van der Waals surface area contributed by atoms with Gasteiger partial charge in [-0.15, -0.1) is 0 Å². The van der Waals surface area contributed by atoms with Crippen LogP contribution in [0.2, 0.25) is 0 Å². The fraction of sp³-hybridized carbons (Fsp3) is 0.143. The summed E-state index contributed by atoms with van der Waals surface area (Å²) in [5.41, 5.74) is 14.5. The smallest absolute Gasteiger partial charge is 0.0158 e. The first-order chi connectivity index (χ1) is 23.7. The van der Waals surface area contributed by atoms with Gasteiger partial charge in [-0.05, 0) is 111 Å². The Morgan fingerprint density at radius 2 is 0.939 bits per heavy atom. The van der Waals surface area contributed by atoms with Crippen LogP contribution < -0.4 is 0 Å². The predicted octanol–water partition coefficient (Wildman–Crippen LogP) is 13.8. The van der Waals surface area contributed by atoms with Crippen molar-refractivity contribution in [3.05, 3.63) is 168 Å². The van der Waals surface area contributed by atoms with Gasteiger partial charge in [0.1, 0.15) is 0 Å². The van der Waals surface area contributed by atoms with Crippen molar-refractivity contribution in [1.29, 1.82) is 0 Å². The molecule has 1 aliphatic rings. The molecule has 9 rings (SSSR count). The molecule has 0 aromatic heterocycles. The monoisotopic (exact) mass is 628 g/mol. The molecule has 0 aliphatic heterocycles. The summed E-state index contributed by atoms with van der Waals surface area (Å²) >= 11 is 0. The Hall–Kier alpha value is -5.46. The molecule has 0 heteroatoms. The van der Waals surface area contributed by atoms with E-state index in [1.54, 1.807) is 0 Å². The summed E-state index contributed by atoms with van der Waals surface area (Å²) < 4.78 is 0. The van der Waals surface area contributed by atoms with E-state index in [0.29, 0.717) is 0 Å². The van der Waals surface area contributed by atoms with Crippen LogP contribution in [0, 0.1) is 0 Å². The van der Waals surface area contributed by atoms with Gasteiger partial charge in [-0.2, -0.15) is 0 Å². The van der Waals surface area contributed by atoms with Crippen molar-refractivity contribution in [3.8, 4) is 44.5 Å². The summed E-state index contributed by atoms with van der Waals surface area (Å²) in [6.45, 7) is 11.6. The normalized spacial score (nSPS) is 13.6. The second kappa shape index (κ2) is 10.8. The van der Waals surface area contributed by atoms with Crippen molar-refractivity contribution in [2.45, 2.75) is 45.4 Å². The third-order valence-electron chi connectivity index (χ3n) is 11.0. The zero-order valence-electron chi connectivity index (χ0n) is 28.9. The van der Waals surface area contributed by atoms with Crippen molar-refractivity contribution in [2.24, 2.45) is 0 Å². The molecule has 0 atom stereocenters. The molecule has 1 aliphatic carbocycles. The molecule has 0 amide bonds. The number of hydrogen-bond donors (Lipinski definition) is 0. The molecule has 49 heavy (non-hydrogen) atoms. The molecule has 0 nitrogen and oxygen atoms in total. The first kappa shape index (κ1) is 29.7. The molecular weight excluding hydrogens is 589 g/mol. The molecule has 0 fully saturated rings. The van der Waals surface area contributed by atoms with Crippen LogP contribution in [0.4, 0.5) is 0 Å². The maximum Gasteiger partial charge on any atom is 0.0158 e. The van der Waals surface area contributed by atoms with Gasteiger partial charge in [0.25, 0.3) is 0 Å². The number of fused-ring (bicyclic) bond motifs is 6. The van der Waals surface area contributed by atoms with Gasteiger partial charge in [0.2, 0.25) is 0 Å². The van der Waals surface area contributed by atoms with Crippen molar-refractivity contribution in [1.82, 2.24) is 0 Å². The van der Waals surface area contributed by atoms with E-state index in [9.17, 15) is 0 Å². The highest BCUT2D eigenvalue weighted by Gasteiger charge is 2.35. The lowest BCUT2D eigenvalue weighted by Crippen LogP contribution is -2.14. The molecule has 0 radical (unpaired) electrons. The van der Waals surface area contributed by atoms with Gasteiger partial charge < -0.3 is 0 Å². The Balaban J connectivity index is 1.38. The van der Waals surface area contributed by atoms with Gasteiger partial charge in [-0.1, -0.05) is 174 Å². The lowest BCUT2D eigenvalue weighted by Gasteiger charge is -2.22. The Morgan fingerprint density at radius 3 is 1.69 bits per heavy atom. The zero-order valence-corrected chi connectivity index (χ0v) is 28.9. The van der Waals surface area contributed by atoms with Crippen LogP contribution in [0.15, 0.2) is 152 Å². The Labute approximate surface area is 289 Å². The van der Waals surface area contributed by atoms with Gasteiger partial charge >= 0.3 is 0 Å². The Bertz CT molecular complexity index is 2580. The Morgan fingerprint density at radius 1 is 0.388 bits per heavy atom. The number of rotatable bonds is 3.